The van der Waals surface area contributed by atoms with E-state index < -0.39 is 11.7 Å². The number of thioether (sulfide) groups is 1. The first-order chi connectivity index (χ1) is 6.54. The molecule has 0 saturated heterocycles. The zero-order chi connectivity index (χ0) is 11.2. The molecule has 5 heteroatoms. The standard InChI is InChI=1S/C8H7F3S.CH4O/c1-12-7-4-2-6(3-5-7)8(9,10)11;1-2/h2-5H,1H3;2H,1H3. The first-order valence-electron chi connectivity index (χ1n) is 3.70. The summed E-state index contributed by atoms with van der Waals surface area (Å²) in [6, 6.07) is 5.11. The smallest absolute Gasteiger partial charge is 0.400 e. The van der Waals surface area contributed by atoms with Crippen LogP contribution in [0.25, 0.3) is 0 Å². The van der Waals surface area contributed by atoms with Gasteiger partial charge >= 0.3 is 6.18 Å². The Morgan fingerprint density at radius 1 is 1.07 bits per heavy atom. The van der Waals surface area contributed by atoms with Gasteiger partial charge in [-0.05, 0) is 30.5 Å². The van der Waals surface area contributed by atoms with E-state index >= 15 is 0 Å². The van der Waals surface area contributed by atoms with Gasteiger partial charge in [-0.2, -0.15) is 13.2 Å². The van der Waals surface area contributed by atoms with Gasteiger partial charge in [0.05, 0.1) is 5.56 Å². The van der Waals surface area contributed by atoms with Crippen molar-refractivity contribution in [2.75, 3.05) is 13.4 Å². The maximum absolute atomic E-state index is 12.0. The van der Waals surface area contributed by atoms with Crippen molar-refractivity contribution in [3.63, 3.8) is 0 Å². The number of halogens is 3. The molecular formula is C9H11F3OS. The minimum atomic E-state index is -4.23. The maximum atomic E-state index is 12.0. The second-order valence-electron chi connectivity index (χ2n) is 2.23. The van der Waals surface area contributed by atoms with Gasteiger partial charge in [0, 0.05) is 12.0 Å². The van der Waals surface area contributed by atoms with Crippen LogP contribution in [0.5, 0.6) is 0 Å². The van der Waals surface area contributed by atoms with Crippen molar-refractivity contribution in [3.8, 4) is 0 Å². The maximum Gasteiger partial charge on any atom is 0.416 e. The van der Waals surface area contributed by atoms with Gasteiger partial charge in [-0.15, -0.1) is 11.8 Å². The molecule has 0 aliphatic carbocycles. The van der Waals surface area contributed by atoms with Crippen LogP contribution in [0.3, 0.4) is 0 Å². The van der Waals surface area contributed by atoms with Crippen LogP contribution in [0.2, 0.25) is 0 Å². The van der Waals surface area contributed by atoms with E-state index in [9.17, 15) is 13.2 Å². The summed E-state index contributed by atoms with van der Waals surface area (Å²) in [5.74, 6) is 0. The zero-order valence-electron chi connectivity index (χ0n) is 7.80. The van der Waals surface area contributed by atoms with Gasteiger partial charge in [0.1, 0.15) is 0 Å². The average molecular weight is 224 g/mol. The average Bonchev–Trinajstić information content (AvgIpc) is 2.20. The van der Waals surface area contributed by atoms with E-state index in [2.05, 4.69) is 0 Å². The Balaban J connectivity index is 0.000000791. The zero-order valence-corrected chi connectivity index (χ0v) is 8.62. The van der Waals surface area contributed by atoms with Gasteiger partial charge in [0.2, 0.25) is 0 Å². The van der Waals surface area contributed by atoms with Crippen LogP contribution < -0.4 is 0 Å². The first-order valence-corrected chi connectivity index (χ1v) is 4.92. The molecule has 0 aliphatic heterocycles. The molecule has 1 nitrogen and oxygen atoms in total. The summed E-state index contributed by atoms with van der Waals surface area (Å²) in [6.45, 7) is 0. The predicted molar refractivity (Wildman–Crippen MR) is 51.4 cm³/mol. The molecule has 0 radical (unpaired) electrons. The molecule has 80 valence electrons. The van der Waals surface area contributed by atoms with E-state index in [0.717, 1.165) is 24.1 Å². The van der Waals surface area contributed by atoms with Crippen LogP contribution in [0, 0.1) is 0 Å². The summed E-state index contributed by atoms with van der Waals surface area (Å²) in [4.78, 5) is 0.836. The minimum Gasteiger partial charge on any atom is -0.400 e. The first kappa shape index (κ1) is 13.3. The van der Waals surface area contributed by atoms with E-state index in [1.165, 1.54) is 23.9 Å². The van der Waals surface area contributed by atoms with Gasteiger partial charge < -0.3 is 5.11 Å². The van der Waals surface area contributed by atoms with Crippen LogP contribution in [0.1, 0.15) is 5.56 Å². The number of alkyl halides is 3. The Morgan fingerprint density at radius 3 is 1.79 bits per heavy atom. The molecule has 0 fully saturated rings. The predicted octanol–water partition coefficient (Wildman–Crippen LogP) is 3.04. The highest BCUT2D eigenvalue weighted by Crippen LogP contribution is 2.30. The summed E-state index contributed by atoms with van der Waals surface area (Å²) in [5, 5.41) is 7.00. The van der Waals surface area contributed by atoms with E-state index in [1.54, 1.807) is 0 Å². The van der Waals surface area contributed by atoms with Crippen molar-refractivity contribution in [1.29, 1.82) is 0 Å². The Labute approximate surface area is 84.9 Å². The fourth-order valence-corrected chi connectivity index (χ4v) is 1.19. The van der Waals surface area contributed by atoms with Crippen LogP contribution in [0.15, 0.2) is 29.2 Å². The third-order valence-electron chi connectivity index (χ3n) is 1.42. The molecule has 0 saturated carbocycles. The summed E-state index contributed by atoms with van der Waals surface area (Å²) in [5.41, 5.74) is -0.597. The van der Waals surface area contributed by atoms with Crippen molar-refractivity contribution in [3.05, 3.63) is 29.8 Å². The number of aliphatic hydroxyl groups excluding tert-OH is 1. The van der Waals surface area contributed by atoms with E-state index in [-0.39, 0.29) is 0 Å². The number of aliphatic hydroxyl groups is 1. The van der Waals surface area contributed by atoms with Crippen LogP contribution in [0.4, 0.5) is 13.2 Å². The highest BCUT2D eigenvalue weighted by molar-refractivity contribution is 7.98. The highest BCUT2D eigenvalue weighted by Gasteiger charge is 2.29. The van der Waals surface area contributed by atoms with Gasteiger partial charge in [-0.1, -0.05) is 0 Å². The van der Waals surface area contributed by atoms with E-state index in [4.69, 9.17) is 5.11 Å². The molecule has 1 aromatic carbocycles. The second kappa shape index (κ2) is 5.93. The van der Waals surface area contributed by atoms with Crippen molar-refractivity contribution in [1.82, 2.24) is 0 Å². The van der Waals surface area contributed by atoms with Gasteiger partial charge in [0.15, 0.2) is 0 Å². The van der Waals surface area contributed by atoms with Crippen molar-refractivity contribution in [2.45, 2.75) is 11.1 Å². The molecule has 0 atom stereocenters. The van der Waals surface area contributed by atoms with Crippen LogP contribution in [-0.2, 0) is 6.18 Å². The minimum absolute atomic E-state index is 0.597. The molecular weight excluding hydrogens is 213 g/mol. The normalized spacial score (nSPS) is 10.4. The molecule has 0 heterocycles. The Morgan fingerprint density at radius 2 is 1.50 bits per heavy atom. The quantitative estimate of drug-likeness (QED) is 0.740. The monoisotopic (exact) mass is 224 g/mol. The molecule has 14 heavy (non-hydrogen) atoms. The molecule has 0 amide bonds. The lowest BCUT2D eigenvalue weighted by molar-refractivity contribution is -0.137. The number of benzene rings is 1. The molecule has 0 aromatic heterocycles. The summed E-state index contributed by atoms with van der Waals surface area (Å²) >= 11 is 1.42. The molecule has 0 aliphatic rings. The van der Waals surface area contributed by atoms with E-state index in [0.29, 0.717) is 0 Å². The van der Waals surface area contributed by atoms with Gasteiger partial charge in [0.25, 0.3) is 0 Å². The summed E-state index contributed by atoms with van der Waals surface area (Å²) < 4.78 is 36.1. The lowest BCUT2D eigenvalue weighted by Crippen LogP contribution is -2.03. The Kier molecular flexibility index (Phi) is 5.64. The molecule has 0 bridgehead atoms. The molecule has 0 unspecified atom stereocenters. The molecule has 1 rings (SSSR count). The second-order valence-corrected chi connectivity index (χ2v) is 3.11. The molecule has 0 spiro atoms. The topological polar surface area (TPSA) is 20.2 Å². The largest absolute Gasteiger partial charge is 0.416 e. The number of hydrogen-bond acceptors (Lipinski definition) is 2. The number of rotatable bonds is 1. The van der Waals surface area contributed by atoms with Gasteiger partial charge in [-0.25, -0.2) is 0 Å². The Hall–Kier alpha value is -0.680. The molecule has 1 aromatic rings. The Bertz CT molecular complexity index is 256. The fraction of sp³-hybridized carbons (Fsp3) is 0.333. The summed E-state index contributed by atoms with van der Waals surface area (Å²) in [6.07, 6.45) is -2.40. The van der Waals surface area contributed by atoms with Crippen LogP contribution in [-0.4, -0.2) is 18.5 Å². The third-order valence-corrected chi connectivity index (χ3v) is 2.16. The molecule has 1 N–H and O–H groups in total. The summed E-state index contributed by atoms with van der Waals surface area (Å²) in [7, 11) is 1.00. The SMILES string of the molecule is CO.CSc1ccc(C(F)(F)F)cc1. The van der Waals surface area contributed by atoms with E-state index in [1.807, 2.05) is 6.26 Å². The van der Waals surface area contributed by atoms with Gasteiger partial charge in [-0.3, -0.25) is 0 Å². The third kappa shape index (κ3) is 4.02. The number of hydrogen-bond donors (Lipinski definition) is 1. The van der Waals surface area contributed by atoms with Crippen molar-refractivity contribution >= 4 is 11.8 Å². The van der Waals surface area contributed by atoms with Crippen molar-refractivity contribution in [2.24, 2.45) is 0 Å². The lowest BCUT2D eigenvalue weighted by atomic mass is 10.2. The fourth-order valence-electron chi connectivity index (χ4n) is 0.780. The van der Waals surface area contributed by atoms with Crippen LogP contribution >= 0.6 is 11.8 Å². The van der Waals surface area contributed by atoms with Crippen molar-refractivity contribution < 1.29 is 18.3 Å². The lowest BCUT2D eigenvalue weighted by Gasteiger charge is -2.05. The highest BCUT2D eigenvalue weighted by atomic mass is 32.2.